The van der Waals surface area contributed by atoms with Gasteiger partial charge in [-0.05, 0) is 56.3 Å². The number of fused-ring (bicyclic) bond motifs is 3. The third-order valence-corrected chi connectivity index (χ3v) is 8.19. The number of aromatic nitrogens is 2. The maximum absolute atomic E-state index is 13.0. The summed E-state index contributed by atoms with van der Waals surface area (Å²) in [6.07, 6.45) is 7.20. The van der Waals surface area contributed by atoms with Crippen molar-refractivity contribution in [1.29, 1.82) is 0 Å². The molecule has 180 valence electrons. The second-order valence-electron chi connectivity index (χ2n) is 9.25. The predicted molar refractivity (Wildman–Crippen MR) is 138 cm³/mol. The van der Waals surface area contributed by atoms with E-state index in [0.29, 0.717) is 19.5 Å². The Bertz CT molecular complexity index is 1180. The number of para-hydroxylation sites is 1. The van der Waals surface area contributed by atoms with Crippen LogP contribution in [0.1, 0.15) is 36.1 Å². The first kappa shape index (κ1) is 23.1. The summed E-state index contributed by atoms with van der Waals surface area (Å²) >= 11 is 1.66. The number of rotatable bonds is 8. The predicted octanol–water partition coefficient (Wildman–Crippen LogP) is 3.06. The minimum Gasteiger partial charge on any atom is -0.369 e. The highest BCUT2D eigenvalue weighted by molar-refractivity contribution is 7.18. The van der Waals surface area contributed by atoms with Crippen LogP contribution in [0.4, 0.5) is 5.69 Å². The maximum atomic E-state index is 13.0. The van der Waals surface area contributed by atoms with E-state index in [-0.39, 0.29) is 11.5 Å². The highest BCUT2D eigenvalue weighted by Crippen LogP contribution is 2.33. The molecule has 0 atom stereocenters. The SMILES string of the molecule is O=C(CCn1cnc2sc3c(c2c1=O)CCCC3)NCCCN1CCN(c2ccccc2)CC1. The average Bonchev–Trinajstić information content (AvgIpc) is 3.26. The Morgan fingerprint density at radius 1 is 1.03 bits per heavy atom. The van der Waals surface area contributed by atoms with E-state index in [1.165, 1.54) is 22.5 Å². The summed E-state index contributed by atoms with van der Waals surface area (Å²) in [6, 6.07) is 10.6. The van der Waals surface area contributed by atoms with Crippen LogP contribution in [0.25, 0.3) is 10.2 Å². The molecule has 1 amide bonds. The van der Waals surface area contributed by atoms with Crippen LogP contribution in [0.3, 0.4) is 0 Å². The molecule has 0 unspecified atom stereocenters. The Morgan fingerprint density at radius 2 is 1.82 bits per heavy atom. The van der Waals surface area contributed by atoms with Crippen molar-refractivity contribution in [3.8, 4) is 0 Å². The second kappa shape index (κ2) is 10.7. The lowest BCUT2D eigenvalue weighted by molar-refractivity contribution is -0.121. The van der Waals surface area contributed by atoms with Gasteiger partial charge in [-0.2, -0.15) is 0 Å². The van der Waals surface area contributed by atoms with Crippen LogP contribution in [0.5, 0.6) is 0 Å². The summed E-state index contributed by atoms with van der Waals surface area (Å²) in [4.78, 5) is 37.0. The number of hydrogen-bond acceptors (Lipinski definition) is 6. The molecule has 2 aliphatic rings. The third kappa shape index (κ3) is 5.18. The molecule has 5 rings (SSSR count). The Balaban J connectivity index is 1.04. The van der Waals surface area contributed by atoms with E-state index in [1.54, 1.807) is 22.2 Å². The molecule has 1 aromatic carbocycles. The lowest BCUT2D eigenvalue weighted by Gasteiger charge is -2.36. The lowest BCUT2D eigenvalue weighted by Crippen LogP contribution is -2.47. The van der Waals surface area contributed by atoms with Crippen LogP contribution in [0.2, 0.25) is 0 Å². The van der Waals surface area contributed by atoms with Gasteiger partial charge in [0.2, 0.25) is 5.91 Å². The number of nitrogens with zero attached hydrogens (tertiary/aromatic N) is 4. The molecule has 1 aliphatic heterocycles. The van der Waals surface area contributed by atoms with E-state index >= 15 is 0 Å². The van der Waals surface area contributed by atoms with E-state index in [0.717, 1.165) is 68.6 Å². The van der Waals surface area contributed by atoms with Gasteiger partial charge in [0.05, 0.1) is 11.7 Å². The van der Waals surface area contributed by atoms with Crippen molar-refractivity contribution < 1.29 is 4.79 Å². The van der Waals surface area contributed by atoms with Gasteiger partial charge in [0.1, 0.15) is 4.83 Å². The van der Waals surface area contributed by atoms with E-state index in [1.807, 2.05) is 0 Å². The van der Waals surface area contributed by atoms with Gasteiger partial charge >= 0.3 is 0 Å². The summed E-state index contributed by atoms with van der Waals surface area (Å²) in [5.41, 5.74) is 2.50. The number of nitrogens with one attached hydrogen (secondary N) is 1. The van der Waals surface area contributed by atoms with Crippen LogP contribution in [-0.4, -0.2) is 59.6 Å². The quantitative estimate of drug-likeness (QED) is 0.503. The number of piperazine rings is 1. The monoisotopic (exact) mass is 479 g/mol. The van der Waals surface area contributed by atoms with E-state index in [4.69, 9.17) is 0 Å². The summed E-state index contributed by atoms with van der Waals surface area (Å²) in [5.74, 6) is -0.00626. The minimum absolute atomic E-state index is 0.00626. The fraction of sp³-hybridized carbons (Fsp3) is 0.500. The van der Waals surface area contributed by atoms with Crippen molar-refractivity contribution in [1.82, 2.24) is 19.8 Å². The third-order valence-electron chi connectivity index (χ3n) is 6.99. The Hall–Kier alpha value is -2.71. The van der Waals surface area contributed by atoms with Crippen LogP contribution in [0, 0.1) is 0 Å². The molecule has 34 heavy (non-hydrogen) atoms. The highest BCUT2D eigenvalue weighted by Gasteiger charge is 2.20. The van der Waals surface area contributed by atoms with Crippen LogP contribution in [-0.2, 0) is 24.2 Å². The van der Waals surface area contributed by atoms with E-state index < -0.39 is 0 Å². The number of carbonyl (C=O) groups excluding carboxylic acids is 1. The van der Waals surface area contributed by atoms with E-state index in [2.05, 4.69) is 50.4 Å². The Morgan fingerprint density at radius 3 is 2.65 bits per heavy atom. The average molecular weight is 480 g/mol. The molecule has 2 aromatic heterocycles. The van der Waals surface area contributed by atoms with Crippen LogP contribution < -0.4 is 15.8 Å². The van der Waals surface area contributed by atoms with Crippen molar-refractivity contribution in [2.75, 3.05) is 44.2 Å². The first-order valence-corrected chi connectivity index (χ1v) is 13.3. The normalized spacial score (nSPS) is 16.5. The first-order chi connectivity index (χ1) is 16.7. The molecule has 0 bridgehead atoms. The molecule has 3 aromatic rings. The van der Waals surface area contributed by atoms with Crippen molar-refractivity contribution in [2.45, 2.75) is 45.1 Å². The number of aryl methyl sites for hydroxylation is 3. The number of benzene rings is 1. The van der Waals surface area contributed by atoms with Crippen LogP contribution in [0.15, 0.2) is 41.5 Å². The summed E-state index contributed by atoms with van der Waals surface area (Å²) in [7, 11) is 0. The van der Waals surface area contributed by atoms with Gasteiger partial charge in [0.15, 0.2) is 0 Å². The van der Waals surface area contributed by atoms with Gasteiger partial charge in [0, 0.05) is 56.3 Å². The molecular weight excluding hydrogens is 446 g/mol. The molecule has 0 spiro atoms. The number of amides is 1. The Kier molecular flexibility index (Phi) is 7.25. The van der Waals surface area contributed by atoms with Crippen molar-refractivity contribution in [2.24, 2.45) is 0 Å². The zero-order valence-electron chi connectivity index (χ0n) is 19.7. The van der Waals surface area contributed by atoms with Gasteiger partial charge in [-0.3, -0.25) is 19.1 Å². The maximum Gasteiger partial charge on any atom is 0.262 e. The van der Waals surface area contributed by atoms with Gasteiger partial charge < -0.3 is 10.2 Å². The van der Waals surface area contributed by atoms with Gasteiger partial charge in [-0.25, -0.2) is 4.98 Å². The zero-order chi connectivity index (χ0) is 23.3. The molecular formula is C26H33N5O2S. The molecule has 1 fully saturated rings. The molecule has 3 heterocycles. The molecule has 1 N–H and O–H groups in total. The largest absolute Gasteiger partial charge is 0.369 e. The van der Waals surface area contributed by atoms with Crippen molar-refractivity contribution >= 4 is 33.1 Å². The Labute approximate surface area is 204 Å². The molecule has 7 nitrogen and oxygen atoms in total. The zero-order valence-corrected chi connectivity index (χ0v) is 20.5. The molecule has 0 radical (unpaired) electrons. The molecule has 8 heteroatoms. The smallest absolute Gasteiger partial charge is 0.262 e. The summed E-state index contributed by atoms with van der Waals surface area (Å²) in [5, 5.41) is 3.81. The van der Waals surface area contributed by atoms with Gasteiger partial charge in [-0.15, -0.1) is 11.3 Å². The number of thiophene rings is 1. The number of carbonyl (C=O) groups is 1. The standard InChI is InChI=1S/C26H33N5O2S/c32-23(27-12-6-13-29-15-17-30(18-16-29)20-7-2-1-3-8-20)11-14-31-19-28-25-24(26(31)33)21-9-4-5-10-22(21)34-25/h1-3,7-8,19H,4-6,9-18H2,(H,27,32). The second-order valence-corrected chi connectivity index (χ2v) is 10.3. The number of anilines is 1. The fourth-order valence-corrected chi connectivity index (χ4v) is 6.27. The molecule has 1 saturated heterocycles. The van der Waals surface area contributed by atoms with E-state index in [9.17, 15) is 9.59 Å². The van der Waals surface area contributed by atoms with Gasteiger partial charge in [-0.1, -0.05) is 18.2 Å². The molecule has 0 saturated carbocycles. The minimum atomic E-state index is -0.00626. The fourth-order valence-electron chi connectivity index (χ4n) is 5.05. The van der Waals surface area contributed by atoms with Crippen molar-refractivity contribution in [3.05, 3.63) is 57.5 Å². The first-order valence-electron chi connectivity index (χ1n) is 12.5. The molecule has 1 aliphatic carbocycles. The summed E-state index contributed by atoms with van der Waals surface area (Å²) in [6.45, 7) is 6.21. The lowest BCUT2D eigenvalue weighted by atomic mass is 9.97. The highest BCUT2D eigenvalue weighted by atomic mass is 32.1. The van der Waals surface area contributed by atoms with Crippen LogP contribution >= 0.6 is 11.3 Å². The number of hydrogen-bond donors (Lipinski definition) is 1. The summed E-state index contributed by atoms with van der Waals surface area (Å²) < 4.78 is 1.61. The topological polar surface area (TPSA) is 70.5 Å². The van der Waals surface area contributed by atoms with Gasteiger partial charge in [0.25, 0.3) is 5.56 Å². The van der Waals surface area contributed by atoms with Crippen molar-refractivity contribution in [3.63, 3.8) is 0 Å².